The fraction of sp³-hybridized carbons (Fsp3) is 0.167. The zero-order valence-corrected chi connectivity index (χ0v) is 10.4. The number of carboxylic acids is 1. The van der Waals surface area contributed by atoms with Crippen LogP contribution in [0.15, 0.2) is 30.9 Å². The predicted octanol–water partition coefficient (Wildman–Crippen LogP) is -0.187. The van der Waals surface area contributed by atoms with Crippen molar-refractivity contribution >= 4 is 17.6 Å². The number of imidazole rings is 1. The lowest BCUT2D eigenvalue weighted by Gasteiger charge is -2.13. The third-order valence-corrected chi connectivity index (χ3v) is 2.60. The first-order valence-corrected chi connectivity index (χ1v) is 5.78. The Morgan fingerprint density at radius 3 is 2.75 bits per heavy atom. The molecule has 0 bridgehead atoms. The van der Waals surface area contributed by atoms with Crippen molar-refractivity contribution in [3.8, 4) is 0 Å². The fourth-order valence-corrected chi connectivity index (χ4v) is 1.59. The highest BCUT2D eigenvalue weighted by Crippen LogP contribution is 2.03. The molecule has 8 nitrogen and oxygen atoms in total. The number of hydrogen-bond donors (Lipinski definition) is 4. The van der Waals surface area contributed by atoms with E-state index in [9.17, 15) is 9.59 Å². The molecule has 0 aliphatic rings. The molecule has 0 spiro atoms. The van der Waals surface area contributed by atoms with Gasteiger partial charge in [-0.15, -0.1) is 0 Å². The van der Waals surface area contributed by atoms with Crippen LogP contribution < -0.4 is 11.1 Å². The number of rotatable bonds is 5. The van der Waals surface area contributed by atoms with Crippen molar-refractivity contribution in [2.45, 2.75) is 12.5 Å². The summed E-state index contributed by atoms with van der Waals surface area (Å²) in [4.78, 5) is 33.5. The third kappa shape index (κ3) is 3.31. The highest BCUT2D eigenvalue weighted by atomic mass is 16.4. The molecule has 0 saturated carbocycles. The molecule has 0 aliphatic carbocycles. The molecule has 0 saturated heterocycles. The van der Waals surface area contributed by atoms with Crippen LogP contribution in [0.4, 0.5) is 5.69 Å². The second kappa shape index (κ2) is 5.83. The summed E-state index contributed by atoms with van der Waals surface area (Å²) in [6.07, 6.45) is 4.39. The predicted molar refractivity (Wildman–Crippen MR) is 69.8 cm³/mol. The number of pyridine rings is 1. The Kier molecular flexibility index (Phi) is 3.94. The molecule has 2 rings (SSSR count). The summed E-state index contributed by atoms with van der Waals surface area (Å²) in [5.74, 6) is -1.71. The van der Waals surface area contributed by atoms with Gasteiger partial charge in [-0.05, 0) is 12.1 Å². The highest BCUT2D eigenvalue weighted by Gasteiger charge is 2.22. The second-order valence-corrected chi connectivity index (χ2v) is 4.12. The van der Waals surface area contributed by atoms with Crippen LogP contribution in [-0.2, 0) is 11.2 Å². The standard InChI is InChI=1S/C12H13N5O3/c13-7-1-2-9(15-4-7)11(18)17-10(12(19)20)3-8-5-14-6-16-8/h1-2,4-6,10H,3,13H2,(H,14,16)(H,17,18)(H,19,20)/t10-/m1/s1. The van der Waals surface area contributed by atoms with Crippen LogP contribution in [0, 0.1) is 0 Å². The third-order valence-electron chi connectivity index (χ3n) is 2.60. The van der Waals surface area contributed by atoms with Crippen LogP contribution >= 0.6 is 0 Å². The van der Waals surface area contributed by atoms with E-state index in [1.165, 1.54) is 30.9 Å². The van der Waals surface area contributed by atoms with Crippen LogP contribution in [0.25, 0.3) is 0 Å². The van der Waals surface area contributed by atoms with E-state index >= 15 is 0 Å². The number of carbonyl (C=O) groups excluding carboxylic acids is 1. The van der Waals surface area contributed by atoms with E-state index in [4.69, 9.17) is 10.8 Å². The minimum absolute atomic E-state index is 0.107. The minimum Gasteiger partial charge on any atom is -0.480 e. The first-order valence-electron chi connectivity index (χ1n) is 5.78. The number of anilines is 1. The van der Waals surface area contributed by atoms with E-state index in [0.29, 0.717) is 11.4 Å². The first-order chi connectivity index (χ1) is 9.56. The van der Waals surface area contributed by atoms with Gasteiger partial charge in [0, 0.05) is 18.3 Å². The van der Waals surface area contributed by atoms with E-state index < -0.39 is 17.9 Å². The van der Waals surface area contributed by atoms with Gasteiger partial charge in [0.15, 0.2) is 0 Å². The average Bonchev–Trinajstić information content (AvgIpc) is 2.91. The molecule has 0 fully saturated rings. The maximum absolute atomic E-state index is 11.9. The molecule has 2 aromatic heterocycles. The minimum atomic E-state index is -1.14. The Hall–Kier alpha value is -2.90. The lowest BCUT2D eigenvalue weighted by molar-refractivity contribution is -0.139. The number of aromatic amines is 1. The van der Waals surface area contributed by atoms with Gasteiger partial charge >= 0.3 is 5.97 Å². The molecule has 0 unspecified atom stereocenters. The first kappa shape index (κ1) is 13.5. The van der Waals surface area contributed by atoms with Gasteiger partial charge < -0.3 is 21.1 Å². The molecular weight excluding hydrogens is 262 g/mol. The molecule has 1 amide bonds. The van der Waals surface area contributed by atoms with E-state index in [0.717, 1.165) is 0 Å². The van der Waals surface area contributed by atoms with Crippen LogP contribution in [-0.4, -0.2) is 38.0 Å². The molecule has 0 radical (unpaired) electrons. The SMILES string of the molecule is Nc1ccc(C(=O)N[C@H](Cc2cnc[nH]2)C(=O)O)nc1. The Bertz CT molecular complexity index is 594. The Balaban J connectivity index is 2.06. The number of H-pyrrole nitrogens is 1. The molecule has 104 valence electrons. The molecule has 20 heavy (non-hydrogen) atoms. The number of nitrogens with two attached hydrogens (primary N) is 1. The van der Waals surface area contributed by atoms with Crippen molar-refractivity contribution in [3.63, 3.8) is 0 Å². The molecule has 1 atom stereocenters. The number of nitrogens with one attached hydrogen (secondary N) is 2. The van der Waals surface area contributed by atoms with Crippen molar-refractivity contribution in [1.82, 2.24) is 20.3 Å². The van der Waals surface area contributed by atoms with Crippen LogP contribution in [0.1, 0.15) is 16.2 Å². The maximum Gasteiger partial charge on any atom is 0.326 e. The number of nitrogen functional groups attached to an aromatic ring is 1. The van der Waals surface area contributed by atoms with Gasteiger partial charge in [-0.3, -0.25) is 4.79 Å². The monoisotopic (exact) mass is 275 g/mol. The number of aromatic nitrogens is 3. The normalized spacial score (nSPS) is 11.8. The summed E-state index contributed by atoms with van der Waals surface area (Å²) in [5, 5.41) is 11.5. The quantitative estimate of drug-likeness (QED) is 0.597. The Morgan fingerprint density at radius 2 is 2.20 bits per heavy atom. The number of nitrogens with zero attached hydrogens (tertiary/aromatic N) is 2. The zero-order valence-electron chi connectivity index (χ0n) is 10.4. The molecule has 5 N–H and O–H groups in total. The maximum atomic E-state index is 11.9. The number of carbonyl (C=O) groups is 2. The zero-order chi connectivity index (χ0) is 14.5. The van der Waals surface area contributed by atoms with Crippen LogP contribution in [0.2, 0.25) is 0 Å². The van der Waals surface area contributed by atoms with Gasteiger partial charge in [0.2, 0.25) is 0 Å². The Labute approximate surface area is 114 Å². The largest absolute Gasteiger partial charge is 0.480 e. The lowest BCUT2D eigenvalue weighted by Crippen LogP contribution is -2.42. The fourth-order valence-electron chi connectivity index (χ4n) is 1.59. The van der Waals surface area contributed by atoms with Gasteiger partial charge in [-0.1, -0.05) is 0 Å². The summed E-state index contributed by atoms with van der Waals surface area (Å²) in [6, 6.07) is 1.88. The average molecular weight is 275 g/mol. The van der Waals surface area contributed by atoms with Crippen LogP contribution in [0.3, 0.4) is 0 Å². The van der Waals surface area contributed by atoms with Crippen molar-refractivity contribution in [2.24, 2.45) is 0 Å². The lowest BCUT2D eigenvalue weighted by atomic mass is 10.1. The van der Waals surface area contributed by atoms with E-state index in [1.807, 2.05) is 0 Å². The number of hydrogen-bond acceptors (Lipinski definition) is 5. The smallest absolute Gasteiger partial charge is 0.326 e. The van der Waals surface area contributed by atoms with Gasteiger partial charge in [0.05, 0.1) is 18.2 Å². The van der Waals surface area contributed by atoms with Gasteiger partial charge in [-0.2, -0.15) is 0 Å². The highest BCUT2D eigenvalue weighted by molar-refractivity contribution is 5.95. The number of aliphatic carboxylic acids is 1. The molecule has 2 aromatic rings. The van der Waals surface area contributed by atoms with Crippen molar-refractivity contribution < 1.29 is 14.7 Å². The van der Waals surface area contributed by atoms with Crippen LogP contribution in [0.5, 0.6) is 0 Å². The summed E-state index contributed by atoms with van der Waals surface area (Å²) in [7, 11) is 0. The number of amides is 1. The summed E-state index contributed by atoms with van der Waals surface area (Å²) in [6.45, 7) is 0. The molecule has 8 heteroatoms. The summed E-state index contributed by atoms with van der Waals surface area (Å²) in [5.41, 5.74) is 6.61. The topological polar surface area (TPSA) is 134 Å². The molecular formula is C12H13N5O3. The van der Waals surface area contributed by atoms with Gasteiger partial charge in [0.25, 0.3) is 5.91 Å². The molecule has 2 heterocycles. The summed E-state index contributed by atoms with van der Waals surface area (Å²) >= 11 is 0. The van der Waals surface area contributed by atoms with Crippen molar-refractivity contribution in [1.29, 1.82) is 0 Å². The van der Waals surface area contributed by atoms with E-state index in [1.54, 1.807) is 0 Å². The van der Waals surface area contributed by atoms with E-state index in [-0.39, 0.29) is 12.1 Å². The molecule has 0 aliphatic heterocycles. The second-order valence-electron chi connectivity index (χ2n) is 4.12. The Morgan fingerprint density at radius 1 is 1.40 bits per heavy atom. The number of carboxylic acid groups (broad SMARTS) is 1. The van der Waals surface area contributed by atoms with E-state index in [2.05, 4.69) is 20.3 Å². The van der Waals surface area contributed by atoms with Crippen molar-refractivity contribution in [3.05, 3.63) is 42.2 Å². The van der Waals surface area contributed by atoms with Crippen molar-refractivity contribution in [2.75, 3.05) is 5.73 Å². The van der Waals surface area contributed by atoms with Gasteiger partial charge in [-0.25, -0.2) is 14.8 Å². The van der Waals surface area contributed by atoms with Gasteiger partial charge in [0.1, 0.15) is 11.7 Å². The molecule has 0 aromatic carbocycles. The summed E-state index contributed by atoms with van der Waals surface area (Å²) < 4.78 is 0.